The van der Waals surface area contributed by atoms with Crippen LogP contribution >= 0.6 is 0 Å². The second-order valence-electron chi connectivity index (χ2n) is 14.7. The zero-order chi connectivity index (χ0) is 46.3. The van der Waals surface area contributed by atoms with Crippen molar-refractivity contribution in [3.05, 3.63) is 102 Å². The van der Waals surface area contributed by atoms with Crippen LogP contribution in [-0.4, -0.2) is 119 Å². The number of primary amides is 1. The minimum Gasteiger partial charge on any atom is -0.508 e. The fraction of sp³-hybridized carbons (Fsp3) is 0.395. The van der Waals surface area contributed by atoms with E-state index >= 15 is 0 Å². The molecule has 0 bridgehead atoms. The van der Waals surface area contributed by atoms with Crippen molar-refractivity contribution in [2.24, 2.45) is 17.2 Å². The highest BCUT2D eigenvalue weighted by Crippen LogP contribution is 2.12. The van der Waals surface area contributed by atoms with E-state index in [0.717, 1.165) is 0 Å². The molecule has 3 aromatic carbocycles. The molecule has 0 heterocycles. The zero-order valence-corrected chi connectivity index (χ0v) is 34.7. The van der Waals surface area contributed by atoms with Crippen molar-refractivity contribution in [1.29, 1.82) is 0 Å². The summed E-state index contributed by atoms with van der Waals surface area (Å²) in [5.41, 5.74) is 18.7. The maximum atomic E-state index is 14.0. The summed E-state index contributed by atoms with van der Waals surface area (Å²) >= 11 is 0. The molecule has 3 rings (SSSR count). The van der Waals surface area contributed by atoms with Crippen molar-refractivity contribution in [1.82, 2.24) is 31.9 Å². The minimum atomic E-state index is -1.64. The molecule has 20 nitrogen and oxygen atoms in total. The first-order valence-electron chi connectivity index (χ1n) is 20.3. The van der Waals surface area contributed by atoms with E-state index in [1.807, 2.05) is 0 Å². The Morgan fingerprint density at radius 3 is 1.54 bits per heavy atom. The third kappa shape index (κ3) is 18.3. The van der Waals surface area contributed by atoms with Crippen molar-refractivity contribution in [2.45, 2.75) is 87.6 Å². The van der Waals surface area contributed by atoms with Crippen LogP contribution in [-0.2, 0) is 57.6 Å². The number of aliphatic hydroxyl groups is 1. The second kappa shape index (κ2) is 26.4. The Hall–Kier alpha value is -6.90. The molecule has 20 heteroatoms. The maximum absolute atomic E-state index is 14.0. The van der Waals surface area contributed by atoms with Crippen LogP contribution in [0.15, 0.2) is 84.9 Å². The SMILES string of the molecule is NCCCC[C@H](NC(=O)[C@H](Cc1ccccc1)NC(=O)[C@H](Cc1ccccc1)NC(=O)[C@H](CO)NC(=O)CNC(=O)[C@H](CCC(N)=O)NC(=O)[C@@H](N)Cc1ccc(O)cc1)C(=O)O. The largest absolute Gasteiger partial charge is 0.508 e. The molecule has 0 fully saturated rings. The lowest BCUT2D eigenvalue weighted by Crippen LogP contribution is -2.59. The Kier molecular flexibility index (Phi) is 21.2. The number of hydrogen-bond donors (Lipinski definition) is 12. The number of aromatic hydroxyl groups is 1. The predicted octanol–water partition coefficient (Wildman–Crippen LogP) is -2.24. The first-order valence-corrected chi connectivity index (χ1v) is 20.3. The number of carbonyl (C=O) groups is 8. The number of carboxylic acid groups (broad SMARTS) is 1. The lowest BCUT2D eigenvalue weighted by molar-refractivity contribution is -0.142. The molecule has 63 heavy (non-hydrogen) atoms. The van der Waals surface area contributed by atoms with Crippen LogP contribution in [0.3, 0.4) is 0 Å². The smallest absolute Gasteiger partial charge is 0.326 e. The van der Waals surface area contributed by atoms with E-state index in [1.54, 1.807) is 72.8 Å². The number of amides is 7. The van der Waals surface area contributed by atoms with Crippen LogP contribution in [0.5, 0.6) is 5.75 Å². The van der Waals surface area contributed by atoms with Crippen LogP contribution < -0.4 is 49.1 Å². The van der Waals surface area contributed by atoms with Gasteiger partial charge < -0.3 is 64.4 Å². The predicted molar refractivity (Wildman–Crippen MR) is 229 cm³/mol. The Morgan fingerprint density at radius 1 is 0.556 bits per heavy atom. The number of unbranched alkanes of at least 4 members (excludes halogenated alkanes) is 1. The highest BCUT2D eigenvalue weighted by atomic mass is 16.4. The molecule has 6 atom stereocenters. The summed E-state index contributed by atoms with van der Waals surface area (Å²) in [5, 5.41) is 44.1. The van der Waals surface area contributed by atoms with Crippen LogP contribution in [0.25, 0.3) is 0 Å². The molecule has 0 aliphatic carbocycles. The van der Waals surface area contributed by atoms with Gasteiger partial charge >= 0.3 is 5.97 Å². The molecule has 0 radical (unpaired) electrons. The van der Waals surface area contributed by atoms with Crippen LogP contribution in [0, 0.1) is 0 Å². The highest BCUT2D eigenvalue weighted by Gasteiger charge is 2.32. The van der Waals surface area contributed by atoms with Crippen LogP contribution in [0.4, 0.5) is 0 Å². The molecule has 0 unspecified atom stereocenters. The molecular weight excluding hydrogens is 819 g/mol. The third-order valence-corrected chi connectivity index (χ3v) is 9.69. The van der Waals surface area contributed by atoms with Gasteiger partial charge in [0.1, 0.15) is 36.0 Å². The summed E-state index contributed by atoms with van der Waals surface area (Å²) in [5.74, 6) is -7.23. The molecular formula is C43H57N9O11. The summed E-state index contributed by atoms with van der Waals surface area (Å²) in [6.07, 6.45) is 0.413. The molecule has 0 saturated carbocycles. The Labute approximate surface area is 364 Å². The number of carbonyl (C=O) groups excluding carboxylic acids is 7. The number of nitrogens with two attached hydrogens (primary N) is 3. The summed E-state index contributed by atoms with van der Waals surface area (Å²) in [4.78, 5) is 104. The van der Waals surface area contributed by atoms with E-state index in [9.17, 15) is 53.7 Å². The average molecular weight is 876 g/mol. The normalized spacial score (nSPS) is 13.7. The van der Waals surface area contributed by atoms with Crippen molar-refractivity contribution < 1.29 is 53.7 Å². The Bertz CT molecular complexity index is 1990. The maximum Gasteiger partial charge on any atom is 0.326 e. The first kappa shape index (κ1) is 50.5. The van der Waals surface area contributed by atoms with Gasteiger partial charge in [0.25, 0.3) is 0 Å². The van der Waals surface area contributed by atoms with Crippen LogP contribution in [0.1, 0.15) is 48.8 Å². The monoisotopic (exact) mass is 875 g/mol. The molecule has 0 aliphatic rings. The van der Waals surface area contributed by atoms with E-state index in [-0.39, 0.29) is 44.3 Å². The molecule has 0 aromatic heterocycles. The number of rotatable bonds is 27. The molecule has 7 amide bonds. The Balaban J connectivity index is 1.72. The van der Waals surface area contributed by atoms with Gasteiger partial charge in [0.05, 0.1) is 19.2 Å². The number of hydrogen-bond acceptors (Lipinski definition) is 12. The average Bonchev–Trinajstić information content (AvgIpc) is 3.26. The number of benzene rings is 3. The van der Waals surface area contributed by atoms with Gasteiger partial charge in [-0.25, -0.2) is 4.79 Å². The summed E-state index contributed by atoms with van der Waals surface area (Å²) in [6, 6.07) is 15.1. The fourth-order valence-corrected chi connectivity index (χ4v) is 6.23. The second-order valence-corrected chi connectivity index (χ2v) is 14.7. The van der Waals surface area contributed by atoms with Crippen molar-refractivity contribution in [3.63, 3.8) is 0 Å². The van der Waals surface area contributed by atoms with Gasteiger partial charge in [0, 0.05) is 19.3 Å². The molecule has 0 aliphatic heterocycles. The standard InChI is InChI=1S/C43H57N9O11/c44-20-8-7-13-32(43(62)63)50-40(59)33(22-26-9-3-1-4-10-26)51-41(60)34(23-27-11-5-2-6-12-27)52-42(61)35(25-53)48-37(56)24-47-39(58)31(18-19-36(46)55)49-38(57)30(45)21-28-14-16-29(54)17-15-28/h1-6,9-12,14-17,30-35,53-54H,7-8,13,18-25,44-45H2,(H2,46,55)(H,47,58)(H,48,56)(H,49,57)(H,50,59)(H,51,60)(H,52,61)(H,62,63)/t30-,31-,32-,33-,34-,35-/m0/s1. The van der Waals surface area contributed by atoms with E-state index in [2.05, 4.69) is 31.9 Å². The quantitative estimate of drug-likeness (QED) is 0.0361. The number of nitrogens with one attached hydrogen (secondary N) is 6. The molecule has 340 valence electrons. The van der Waals surface area contributed by atoms with Gasteiger partial charge in [-0.05, 0) is 67.5 Å². The molecule has 3 aromatic rings. The van der Waals surface area contributed by atoms with Crippen LogP contribution in [0.2, 0.25) is 0 Å². The molecule has 15 N–H and O–H groups in total. The summed E-state index contributed by atoms with van der Waals surface area (Å²) in [6.45, 7) is -1.36. The van der Waals surface area contributed by atoms with Gasteiger partial charge in [-0.1, -0.05) is 72.8 Å². The highest BCUT2D eigenvalue weighted by molar-refractivity contribution is 5.96. The first-order chi connectivity index (χ1) is 30.1. The molecule has 0 spiro atoms. The number of aliphatic carboxylic acids is 1. The van der Waals surface area contributed by atoms with E-state index < -0.39 is 96.7 Å². The summed E-state index contributed by atoms with van der Waals surface area (Å²) in [7, 11) is 0. The number of aliphatic hydroxyl groups excluding tert-OH is 1. The lowest BCUT2D eigenvalue weighted by Gasteiger charge is -2.26. The number of carboxylic acids is 1. The number of phenols is 1. The topological polar surface area (TPSA) is 347 Å². The Morgan fingerprint density at radius 2 is 1.05 bits per heavy atom. The number of phenolic OH excluding ortho intramolecular Hbond substituents is 1. The molecule has 0 saturated heterocycles. The van der Waals surface area contributed by atoms with Gasteiger partial charge in [0.2, 0.25) is 41.4 Å². The zero-order valence-electron chi connectivity index (χ0n) is 34.7. The third-order valence-electron chi connectivity index (χ3n) is 9.69. The summed E-state index contributed by atoms with van der Waals surface area (Å²) < 4.78 is 0. The van der Waals surface area contributed by atoms with Crippen molar-refractivity contribution >= 4 is 47.3 Å². The minimum absolute atomic E-state index is 0.0146. The van der Waals surface area contributed by atoms with E-state index in [0.29, 0.717) is 36.1 Å². The van der Waals surface area contributed by atoms with Gasteiger partial charge in [-0.3, -0.25) is 33.6 Å². The van der Waals surface area contributed by atoms with Gasteiger partial charge in [0.15, 0.2) is 0 Å². The lowest BCUT2D eigenvalue weighted by atomic mass is 10.0. The van der Waals surface area contributed by atoms with E-state index in [1.165, 1.54) is 12.1 Å². The van der Waals surface area contributed by atoms with Gasteiger partial charge in [-0.15, -0.1) is 0 Å². The van der Waals surface area contributed by atoms with Gasteiger partial charge in [-0.2, -0.15) is 0 Å². The van der Waals surface area contributed by atoms with E-state index in [4.69, 9.17) is 17.2 Å². The van der Waals surface area contributed by atoms with Crippen molar-refractivity contribution in [3.8, 4) is 5.75 Å². The fourth-order valence-electron chi connectivity index (χ4n) is 6.23. The van der Waals surface area contributed by atoms with Crippen molar-refractivity contribution in [2.75, 3.05) is 19.7 Å².